The Morgan fingerprint density at radius 1 is 1.45 bits per heavy atom. The molecule has 0 unspecified atom stereocenters. The summed E-state index contributed by atoms with van der Waals surface area (Å²) in [6.07, 6.45) is -0.157. The van der Waals surface area contributed by atoms with E-state index in [2.05, 4.69) is 14.5 Å². The smallest absolute Gasteiger partial charge is 0.430 e. The van der Waals surface area contributed by atoms with Crippen LogP contribution in [-0.2, 0) is 14.5 Å². The van der Waals surface area contributed by atoms with Gasteiger partial charge in [0.25, 0.3) is 0 Å². The second-order valence-corrected chi connectivity index (χ2v) is 2.32. The lowest BCUT2D eigenvalue weighted by Crippen LogP contribution is -2.13. The molecule has 66 valence electrons. The maximum Gasteiger partial charge on any atom is 0.540 e. The molecule has 0 spiro atoms. The topological polar surface area (TPSA) is 44.8 Å². The fraction of sp³-hybridized carbons (Fsp3) is 0.857. The highest BCUT2D eigenvalue weighted by Gasteiger charge is 2.06. The first-order valence-corrected chi connectivity index (χ1v) is 3.67. The number of hydrogen-bond acceptors (Lipinski definition) is 4. The van der Waals surface area contributed by atoms with Crippen molar-refractivity contribution in [1.29, 1.82) is 0 Å². The normalized spacial score (nSPS) is 9.82. The monoisotopic (exact) mass is 162 g/mol. The van der Waals surface area contributed by atoms with Crippen LogP contribution in [0.25, 0.3) is 0 Å². The van der Waals surface area contributed by atoms with Crippen LogP contribution in [0.1, 0.15) is 27.2 Å². The highest BCUT2D eigenvalue weighted by atomic mass is 17.2. The van der Waals surface area contributed by atoms with Crippen molar-refractivity contribution in [1.82, 2.24) is 0 Å². The van der Waals surface area contributed by atoms with E-state index >= 15 is 0 Å². The number of hydrogen-bond donors (Lipinski definition) is 0. The summed E-state index contributed by atoms with van der Waals surface area (Å²) < 4.78 is 4.61. The van der Waals surface area contributed by atoms with Crippen LogP contribution in [-0.4, -0.2) is 18.9 Å². The minimum Gasteiger partial charge on any atom is -0.430 e. The lowest BCUT2D eigenvalue weighted by Gasteiger charge is -2.06. The summed E-state index contributed by atoms with van der Waals surface area (Å²) in [5, 5.41) is 0. The molecule has 11 heavy (non-hydrogen) atoms. The van der Waals surface area contributed by atoms with Crippen molar-refractivity contribution in [2.45, 2.75) is 33.3 Å². The van der Waals surface area contributed by atoms with Gasteiger partial charge >= 0.3 is 6.16 Å². The van der Waals surface area contributed by atoms with Crippen LogP contribution >= 0.6 is 0 Å². The van der Waals surface area contributed by atoms with Gasteiger partial charge in [-0.25, -0.2) is 4.79 Å². The number of ether oxygens (including phenoxy) is 1. The molecule has 0 aliphatic rings. The second-order valence-electron chi connectivity index (χ2n) is 2.32. The zero-order valence-corrected chi connectivity index (χ0v) is 7.12. The predicted molar refractivity (Wildman–Crippen MR) is 38.9 cm³/mol. The van der Waals surface area contributed by atoms with E-state index in [0.717, 1.165) is 6.42 Å². The van der Waals surface area contributed by atoms with Crippen molar-refractivity contribution in [2.24, 2.45) is 0 Å². The first-order valence-electron chi connectivity index (χ1n) is 3.67. The standard InChI is InChI=1S/C7H14O4/c1-4-5-9-11-7(8)10-6(2)3/h6H,4-5H2,1-3H3. The summed E-state index contributed by atoms with van der Waals surface area (Å²) in [5.74, 6) is 0. The largest absolute Gasteiger partial charge is 0.540 e. The van der Waals surface area contributed by atoms with Gasteiger partial charge in [0.15, 0.2) is 0 Å². The molecule has 4 heteroatoms. The van der Waals surface area contributed by atoms with Crippen LogP contribution in [0.4, 0.5) is 4.79 Å². The average Bonchev–Trinajstić information content (AvgIpc) is 1.86. The molecule has 0 aromatic rings. The summed E-state index contributed by atoms with van der Waals surface area (Å²) in [7, 11) is 0. The fourth-order valence-corrected chi connectivity index (χ4v) is 0.385. The molecule has 0 rings (SSSR count). The molecule has 0 saturated heterocycles. The number of carbonyl (C=O) groups is 1. The van der Waals surface area contributed by atoms with Crippen LogP contribution in [0.15, 0.2) is 0 Å². The molecular weight excluding hydrogens is 148 g/mol. The fourth-order valence-electron chi connectivity index (χ4n) is 0.385. The summed E-state index contributed by atoms with van der Waals surface area (Å²) >= 11 is 0. The highest BCUT2D eigenvalue weighted by Crippen LogP contribution is 1.93. The minimum absolute atomic E-state index is 0.173. The predicted octanol–water partition coefficient (Wildman–Crippen LogP) is 1.89. The van der Waals surface area contributed by atoms with E-state index in [0.29, 0.717) is 6.61 Å². The Morgan fingerprint density at radius 3 is 2.55 bits per heavy atom. The molecular formula is C7H14O4. The SMILES string of the molecule is CCCOOC(=O)OC(C)C. The van der Waals surface area contributed by atoms with Gasteiger partial charge < -0.3 is 4.74 Å². The Balaban J connectivity index is 3.23. The zero-order valence-electron chi connectivity index (χ0n) is 7.12. The third-order valence-corrected chi connectivity index (χ3v) is 0.746. The first kappa shape index (κ1) is 10.2. The molecule has 0 aromatic heterocycles. The Kier molecular flexibility index (Phi) is 5.56. The summed E-state index contributed by atoms with van der Waals surface area (Å²) in [6.45, 7) is 5.78. The second kappa shape index (κ2) is 5.97. The van der Waals surface area contributed by atoms with Gasteiger partial charge in [-0.2, -0.15) is 4.89 Å². The maximum absolute atomic E-state index is 10.6. The molecule has 0 saturated carbocycles. The summed E-state index contributed by atoms with van der Waals surface area (Å²) in [5.41, 5.74) is 0. The van der Waals surface area contributed by atoms with Crippen LogP contribution < -0.4 is 0 Å². The van der Waals surface area contributed by atoms with E-state index in [1.807, 2.05) is 6.92 Å². The van der Waals surface area contributed by atoms with Gasteiger partial charge in [0.05, 0.1) is 12.7 Å². The van der Waals surface area contributed by atoms with Crippen molar-refractivity contribution < 1.29 is 19.3 Å². The quantitative estimate of drug-likeness (QED) is 0.274. The highest BCUT2D eigenvalue weighted by molar-refractivity contribution is 5.59. The van der Waals surface area contributed by atoms with Gasteiger partial charge in [0, 0.05) is 0 Å². The lowest BCUT2D eigenvalue weighted by atomic mass is 10.5. The molecule has 0 N–H and O–H groups in total. The van der Waals surface area contributed by atoms with Gasteiger partial charge in [0.1, 0.15) is 0 Å². The Hall–Kier alpha value is -0.770. The van der Waals surface area contributed by atoms with Crippen LogP contribution in [0.5, 0.6) is 0 Å². The van der Waals surface area contributed by atoms with Gasteiger partial charge in [0.2, 0.25) is 0 Å². The third kappa shape index (κ3) is 7.12. The van der Waals surface area contributed by atoms with E-state index in [1.54, 1.807) is 13.8 Å². The van der Waals surface area contributed by atoms with Gasteiger partial charge in [-0.15, -0.1) is 0 Å². The van der Waals surface area contributed by atoms with Crippen molar-refractivity contribution >= 4 is 6.16 Å². The summed E-state index contributed by atoms with van der Waals surface area (Å²) in [6, 6.07) is 0. The first-order chi connectivity index (χ1) is 5.16. The van der Waals surface area contributed by atoms with E-state index in [4.69, 9.17) is 0 Å². The zero-order chi connectivity index (χ0) is 8.69. The Morgan fingerprint density at radius 2 is 2.09 bits per heavy atom. The molecule has 4 nitrogen and oxygen atoms in total. The van der Waals surface area contributed by atoms with Gasteiger partial charge in [-0.05, 0) is 20.3 Å². The minimum atomic E-state index is -0.784. The molecule has 0 atom stereocenters. The van der Waals surface area contributed by atoms with Crippen molar-refractivity contribution in [3.05, 3.63) is 0 Å². The number of rotatable bonds is 4. The molecule has 0 aliphatic carbocycles. The van der Waals surface area contributed by atoms with Crippen molar-refractivity contribution in [2.75, 3.05) is 6.61 Å². The summed E-state index contributed by atoms with van der Waals surface area (Å²) in [4.78, 5) is 19.3. The number of carbonyl (C=O) groups excluding carboxylic acids is 1. The Bertz CT molecular complexity index is 111. The van der Waals surface area contributed by atoms with Crippen LogP contribution in [0, 0.1) is 0 Å². The molecule has 0 heterocycles. The average molecular weight is 162 g/mol. The van der Waals surface area contributed by atoms with E-state index in [1.165, 1.54) is 0 Å². The molecule has 0 aliphatic heterocycles. The third-order valence-electron chi connectivity index (χ3n) is 0.746. The van der Waals surface area contributed by atoms with Crippen molar-refractivity contribution in [3.63, 3.8) is 0 Å². The molecule has 0 amide bonds. The molecule has 0 bridgehead atoms. The van der Waals surface area contributed by atoms with Crippen molar-refractivity contribution in [3.8, 4) is 0 Å². The molecule has 0 fully saturated rings. The van der Waals surface area contributed by atoms with E-state index < -0.39 is 6.16 Å². The maximum atomic E-state index is 10.6. The van der Waals surface area contributed by atoms with E-state index in [-0.39, 0.29) is 6.10 Å². The molecule has 0 radical (unpaired) electrons. The Labute approximate surface area is 66.4 Å². The lowest BCUT2D eigenvalue weighted by molar-refractivity contribution is -0.256. The van der Waals surface area contributed by atoms with Crippen LogP contribution in [0.3, 0.4) is 0 Å². The molecule has 0 aromatic carbocycles. The van der Waals surface area contributed by atoms with Gasteiger partial charge in [-0.1, -0.05) is 6.92 Å². The van der Waals surface area contributed by atoms with Gasteiger partial charge in [-0.3, -0.25) is 4.89 Å². The van der Waals surface area contributed by atoms with E-state index in [9.17, 15) is 4.79 Å². The van der Waals surface area contributed by atoms with Crippen LogP contribution in [0.2, 0.25) is 0 Å².